The van der Waals surface area contributed by atoms with Gasteiger partial charge in [-0.15, -0.1) is 0 Å². The number of ether oxygens (including phenoxy) is 7. The van der Waals surface area contributed by atoms with Gasteiger partial charge in [-0.25, -0.2) is 13.2 Å². The summed E-state index contributed by atoms with van der Waals surface area (Å²) in [5.74, 6) is -18.6. The van der Waals surface area contributed by atoms with Gasteiger partial charge < -0.3 is 64.0 Å². The van der Waals surface area contributed by atoms with Crippen LogP contribution in [0.15, 0.2) is 42.7 Å². The molecule has 0 radical (unpaired) electrons. The van der Waals surface area contributed by atoms with Crippen molar-refractivity contribution >= 4 is 41.3 Å². The van der Waals surface area contributed by atoms with Crippen LogP contribution < -0.4 is 20.7 Å². The van der Waals surface area contributed by atoms with Crippen molar-refractivity contribution in [2.75, 3.05) is 87.2 Å². The molecular formula is C60H88F5N5O15. The van der Waals surface area contributed by atoms with Gasteiger partial charge in [-0.05, 0) is 50.5 Å². The first kappa shape index (κ1) is 73.1. The molecule has 0 saturated carbocycles. The largest absolute Gasteiger partial charge is 0.511 e. The Balaban J connectivity index is 1.39. The number of halogens is 5. The average Bonchev–Trinajstić information content (AvgIpc) is 3.02. The first-order chi connectivity index (χ1) is 40.2. The average molecular weight is 1210 g/mol. The van der Waals surface area contributed by atoms with Crippen LogP contribution >= 0.6 is 0 Å². The number of nitrogens with zero attached hydrogens (tertiary/aromatic N) is 2. The number of nitrogens with one attached hydrogen (secondary N) is 3. The zero-order valence-corrected chi connectivity index (χ0v) is 50.7. The van der Waals surface area contributed by atoms with Gasteiger partial charge in [-0.2, -0.15) is 8.78 Å². The van der Waals surface area contributed by atoms with Gasteiger partial charge in [0, 0.05) is 59.5 Å². The number of amides is 5. The molecule has 1 aliphatic heterocycles. The Morgan fingerprint density at radius 3 is 1.86 bits per heavy atom. The molecule has 3 rings (SSSR count). The minimum atomic E-state index is -2.39. The summed E-state index contributed by atoms with van der Waals surface area (Å²) < 4.78 is 105. The highest BCUT2D eigenvalue weighted by atomic mass is 19.2. The van der Waals surface area contributed by atoms with Gasteiger partial charge >= 0.3 is 5.97 Å². The molecule has 25 heteroatoms. The standard InChI is InChI=1S/C60H88F5N5O15/c1-12-37(4)55(44(79-10)35-48(75)70-24-16-19-43(70)56(80-11)38(5)58(77)67-42(39(6)71)33-40-17-14-13-15-18-40)69(9)59(78)41(36(2)3)34-45(72)60(7,8)68-47(74)21-26-82-31-32-84-28-23-66-46(73)20-25-81-29-30-83-27-22-49(76)85-57-53(64)51(62)50(61)52(63)54(57)65/h13-15,17-18,36-38,41-44,55-56,71H,6,12,16,19-35H2,1-5,7-11H3,(H,66,73)(H,67,77)(H,68,74)/t37-,38+,41-,42-,43-,44+,55-,56+/m0/s1. The maximum atomic E-state index is 14.6. The Morgan fingerprint density at radius 2 is 1.32 bits per heavy atom. The summed E-state index contributed by atoms with van der Waals surface area (Å²) in [7, 11) is 4.67. The Labute approximate surface area is 495 Å². The molecule has 478 valence electrons. The fourth-order valence-corrected chi connectivity index (χ4v) is 9.84. The maximum absolute atomic E-state index is 14.6. The number of hydrogen-bond acceptors (Lipinski definition) is 15. The number of aliphatic hydroxyl groups excluding tert-OH is 1. The van der Waals surface area contributed by atoms with Crippen molar-refractivity contribution in [1.82, 2.24) is 25.8 Å². The fourth-order valence-electron chi connectivity index (χ4n) is 9.84. The number of likely N-dealkylation sites (tertiary alicyclic amines) is 1. The van der Waals surface area contributed by atoms with Crippen LogP contribution in [0.5, 0.6) is 5.75 Å². The van der Waals surface area contributed by atoms with E-state index in [2.05, 4.69) is 27.3 Å². The molecule has 0 aromatic heterocycles. The molecule has 2 aromatic carbocycles. The van der Waals surface area contributed by atoms with Crippen LogP contribution in [0.2, 0.25) is 0 Å². The van der Waals surface area contributed by atoms with Crippen LogP contribution in [0.1, 0.15) is 105 Å². The molecule has 0 spiro atoms. The lowest BCUT2D eigenvalue weighted by Gasteiger charge is -2.41. The zero-order chi connectivity index (χ0) is 63.6. The third-order valence-electron chi connectivity index (χ3n) is 15.0. The summed E-state index contributed by atoms with van der Waals surface area (Å²) in [5, 5.41) is 18.7. The molecular weight excluding hydrogens is 1130 g/mol. The van der Waals surface area contributed by atoms with Crippen LogP contribution in [-0.2, 0) is 68.4 Å². The number of carbonyl (C=O) groups is 7. The van der Waals surface area contributed by atoms with Crippen molar-refractivity contribution in [2.24, 2.45) is 23.7 Å². The van der Waals surface area contributed by atoms with E-state index in [0.717, 1.165) is 5.56 Å². The smallest absolute Gasteiger partial charge is 0.313 e. The lowest BCUT2D eigenvalue weighted by molar-refractivity contribution is -0.149. The normalized spacial score (nSPS) is 16.0. The number of rotatable bonds is 40. The molecule has 85 heavy (non-hydrogen) atoms. The van der Waals surface area contributed by atoms with Gasteiger partial charge in [-0.3, -0.25) is 33.6 Å². The number of benzene rings is 2. The van der Waals surface area contributed by atoms with Gasteiger partial charge in [0.25, 0.3) is 0 Å². The highest BCUT2D eigenvalue weighted by Gasteiger charge is 2.44. The molecule has 5 amide bonds. The Kier molecular flexibility index (Phi) is 31.6. The highest BCUT2D eigenvalue weighted by Crippen LogP contribution is 2.32. The summed E-state index contributed by atoms with van der Waals surface area (Å²) in [6.45, 7) is 17.0. The first-order valence-electron chi connectivity index (χ1n) is 28.7. The van der Waals surface area contributed by atoms with E-state index in [4.69, 9.17) is 28.4 Å². The van der Waals surface area contributed by atoms with E-state index in [-0.39, 0.29) is 132 Å². The molecule has 2 aromatic rings. The molecule has 20 nitrogen and oxygen atoms in total. The topological polar surface area (TPSA) is 247 Å². The van der Waals surface area contributed by atoms with E-state index in [0.29, 0.717) is 32.2 Å². The molecule has 1 heterocycles. The second-order valence-corrected chi connectivity index (χ2v) is 21.9. The fraction of sp³-hybridized carbons (Fsp3) is 0.650. The Bertz CT molecular complexity index is 2480. The first-order valence-corrected chi connectivity index (χ1v) is 28.7. The quantitative estimate of drug-likeness (QED) is 0.0106. The lowest BCUT2D eigenvalue weighted by atomic mass is 9.82. The van der Waals surface area contributed by atoms with Gasteiger partial charge in [0.05, 0.1) is 107 Å². The van der Waals surface area contributed by atoms with E-state index >= 15 is 0 Å². The van der Waals surface area contributed by atoms with Crippen LogP contribution in [0, 0.1) is 52.8 Å². The second-order valence-electron chi connectivity index (χ2n) is 21.9. The predicted molar refractivity (Wildman–Crippen MR) is 302 cm³/mol. The van der Waals surface area contributed by atoms with E-state index in [1.54, 1.807) is 37.6 Å². The van der Waals surface area contributed by atoms with Crippen molar-refractivity contribution in [3.05, 3.63) is 77.3 Å². The van der Waals surface area contributed by atoms with E-state index in [9.17, 15) is 60.6 Å². The van der Waals surface area contributed by atoms with Crippen molar-refractivity contribution in [2.45, 2.75) is 142 Å². The van der Waals surface area contributed by atoms with E-state index in [1.807, 2.05) is 58.0 Å². The number of ketones is 1. The van der Waals surface area contributed by atoms with Gasteiger partial charge in [0.2, 0.25) is 64.4 Å². The minimum absolute atomic E-state index is 0.00126. The maximum Gasteiger partial charge on any atom is 0.313 e. The molecule has 0 bridgehead atoms. The highest BCUT2D eigenvalue weighted by molar-refractivity contribution is 5.95. The van der Waals surface area contributed by atoms with Crippen molar-refractivity contribution in [1.29, 1.82) is 0 Å². The summed E-state index contributed by atoms with van der Waals surface area (Å²) in [4.78, 5) is 96.9. The van der Waals surface area contributed by atoms with Gasteiger partial charge in [0.15, 0.2) is 5.78 Å². The SMILES string of the molecule is C=C(O)[C@H](Cc1ccccc1)NC(=O)[C@H](C)[C@@H](OC)[C@@H]1CCCN1C(=O)C[C@@H](OC)[C@H]([C@@H](C)CC)N(C)C(=O)[C@@H](CC(=O)C(C)(C)NC(=O)CCOCCOCCNC(=O)CCOCCOCCC(=O)Oc1c(F)c(F)c(F)c(F)c1F)C(C)C. The van der Waals surface area contributed by atoms with Crippen LogP contribution in [-0.4, -0.2) is 179 Å². The molecule has 1 saturated heterocycles. The number of aliphatic hydroxyl groups is 1. The zero-order valence-electron chi connectivity index (χ0n) is 50.7. The molecule has 1 aliphatic rings. The molecule has 8 atom stereocenters. The number of likely N-dealkylation sites (N-methyl/N-ethyl adjacent to an activating group) is 1. The van der Waals surface area contributed by atoms with Crippen LogP contribution in [0.4, 0.5) is 22.0 Å². The summed E-state index contributed by atoms with van der Waals surface area (Å²) in [6, 6.07) is 7.66. The summed E-state index contributed by atoms with van der Waals surface area (Å²) in [5.41, 5.74) is -0.433. The Morgan fingerprint density at radius 1 is 0.765 bits per heavy atom. The monoisotopic (exact) mass is 1210 g/mol. The van der Waals surface area contributed by atoms with Gasteiger partial charge in [0.1, 0.15) is 5.76 Å². The summed E-state index contributed by atoms with van der Waals surface area (Å²) in [6.07, 6.45) is -0.0295. The molecule has 1 fully saturated rings. The lowest BCUT2D eigenvalue weighted by Crippen LogP contribution is -2.55. The third kappa shape index (κ3) is 22.9. The predicted octanol–water partition coefficient (Wildman–Crippen LogP) is 6.49. The van der Waals surface area contributed by atoms with Crippen LogP contribution in [0.3, 0.4) is 0 Å². The molecule has 4 N–H and O–H groups in total. The number of carbonyl (C=O) groups excluding carboxylic acids is 7. The van der Waals surface area contributed by atoms with Crippen LogP contribution in [0.25, 0.3) is 0 Å². The number of hydrogen-bond donors (Lipinski definition) is 4. The third-order valence-corrected chi connectivity index (χ3v) is 15.0. The van der Waals surface area contributed by atoms with Crippen molar-refractivity contribution in [3.8, 4) is 5.75 Å². The number of methoxy groups -OCH3 is 2. The van der Waals surface area contributed by atoms with E-state index in [1.165, 1.54) is 14.2 Å². The number of Topliss-reactive ketones (excluding diaryl/α,β-unsaturated/α-hetero) is 1. The minimum Gasteiger partial charge on any atom is -0.511 e. The van der Waals surface area contributed by atoms with E-state index < -0.39 is 101 Å². The Hall–Kier alpha value is -6.12. The van der Waals surface area contributed by atoms with Crippen molar-refractivity contribution in [3.63, 3.8) is 0 Å². The molecule has 0 unspecified atom stereocenters. The van der Waals surface area contributed by atoms with Crippen molar-refractivity contribution < 1.29 is 93.8 Å². The van der Waals surface area contributed by atoms with Gasteiger partial charge in [-0.1, -0.05) is 78.0 Å². The second kappa shape index (κ2) is 36.8. The summed E-state index contributed by atoms with van der Waals surface area (Å²) >= 11 is 0. The number of esters is 1. The molecule has 0 aliphatic carbocycles.